The standard InChI is InChI=1S/C29H41BrN2O4/c1-6-31(4)29(32(5)7-2)23(18-22-11-9-10-12-25(22)29)19-24(33)20-36-27-17-21(13-15-26(27)30)14-16-28(34)35-8-3/h9-13,15,17,23-24,33H,6-8,14,16,18-20H2,1-5H3. The normalized spacial score (nSPS) is 17.3. The number of aliphatic hydroxyl groups is 1. The van der Waals surface area contributed by atoms with Gasteiger partial charge in [0.25, 0.3) is 0 Å². The van der Waals surface area contributed by atoms with Gasteiger partial charge in [0.05, 0.1) is 17.2 Å². The summed E-state index contributed by atoms with van der Waals surface area (Å²) < 4.78 is 11.9. The van der Waals surface area contributed by atoms with Crippen LogP contribution in [-0.4, -0.2) is 67.4 Å². The SMILES string of the molecule is CCOC(=O)CCc1ccc(Br)c(OCC(O)CC2Cc3ccccc3C2(N(C)CC)N(C)CC)c1. The van der Waals surface area contributed by atoms with Crippen LogP contribution in [0.15, 0.2) is 46.9 Å². The Morgan fingerprint density at radius 1 is 1.14 bits per heavy atom. The van der Waals surface area contributed by atoms with Crippen LogP contribution in [0.25, 0.3) is 0 Å². The van der Waals surface area contributed by atoms with Crippen molar-refractivity contribution in [3.05, 3.63) is 63.6 Å². The van der Waals surface area contributed by atoms with E-state index in [1.807, 2.05) is 25.1 Å². The molecule has 0 radical (unpaired) electrons. The Bertz CT molecular complexity index is 1000. The smallest absolute Gasteiger partial charge is 0.306 e. The third-order valence-electron chi connectivity index (χ3n) is 7.47. The van der Waals surface area contributed by atoms with Gasteiger partial charge in [-0.2, -0.15) is 0 Å². The number of hydrogen-bond donors (Lipinski definition) is 1. The second-order valence-corrected chi connectivity index (χ2v) is 10.4. The van der Waals surface area contributed by atoms with Crippen LogP contribution in [0.2, 0.25) is 0 Å². The van der Waals surface area contributed by atoms with Crippen LogP contribution in [0.5, 0.6) is 5.75 Å². The van der Waals surface area contributed by atoms with Gasteiger partial charge < -0.3 is 14.6 Å². The molecule has 2 atom stereocenters. The van der Waals surface area contributed by atoms with Crippen molar-refractivity contribution >= 4 is 21.9 Å². The molecule has 0 aliphatic heterocycles. The van der Waals surface area contributed by atoms with E-state index in [4.69, 9.17) is 9.47 Å². The Labute approximate surface area is 224 Å². The highest BCUT2D eigenvalue weighted by molar-refractivity contribution is 9.10. The lowest BCUT2D eigenvalue weighted by molar-refractivity contribution is -0.143. The van der Waals surface area contributed by atoms with Gasteiger partial charge >= 0.3 is 5.97 Å². The fraction of sp³-hybridized carbons (Fsp3) is 0.552. The molecular formula is C29H41BrN2O4. The minimum atomic E-state index is -0.616. The van der Waals surface area contributed by atoms with Crippen molar-refractivity contribution in [1.29, 1.82) is 0 Å². The van der Waals surface area contributed by atoms with E-state index < -0.39 is 6.10 Å². The summed E-state index contributed by atoms with van der Waals surface area (Å²) in [6.07, 6.45) is 1.85. The van der Waals surface area contributed by atoms with Crippen molar-refractivity contribution in [1.82, 2.24) is 9.80 Å². The molecule has 0 bridgehead atoms. The first-order chi connectivity index (χ1) is 17.3. The first-order valence-electron chi connectivity index (χ1n) is 13.0. The third-order valence-corrected chi connectivity index (χ3v) is 8.12. The molecule has 0 saturated heterocycles. The van der Waals surface area contributed by atoms with Gasteiger partial charge in [0, 0.05) is 12.3 Å². The average molecular weight is 562 g/mol. The second-order valence-electron chi connectivity index (χ2n) is 9.58. The number of fused-ring (bicyclic) bond motifs is 1. The number of halogens is 1. The van der Waals surface area contributed by atoms with Crippen molar-refractivity contribution in [2.75, 3.05) is 40.4 Å². The number of aryl methyl sites for hydroxylation is 1. The molecular weight excluding hydrogens is 520 g/mol. The largest absolute Gasteiger partial charge is 0.490 e. The maximum atomic E-state index is 11.7. The highest BCUT2D eigenvalue weighted by Gasteiger charge is 2.51. The number of aliphatic hydroxyl groups excluding tert-OH is 1. The lowest BCUT2D eigenvalue weighted by Crippen LogP contribution is -2.58. The number of rotatable bonds is 13. The van der Waals surface area contributed by atoms with Crippen molar-refractivity contribution in [3.63, 3.8) is 0 Å². The Kier molecular flexibility index (Phi) is 10.4. The Morgan fingerprint density at radius 2 is 1.83 bits per heavy atom. The van der Waals surface area contributed by atoms with Crippen LogP contribution in [0.4, 0.5) is 0 Å². The Balaban J connectivity index is 1.72. The molecule has 0 spiro atoms. The zero-order valence-corrected chi connectivity index (χ0v) is 23.9. The number of ether oxygens (including phenoxy) is 2. The topological polar surface area (TPSA) is 62.2 Å². The molecule has 0 saturated carbocycles. The molecule has 1 aliphatic rings. The highest BCUT2D eigenvalue weighted by Crippen LogP contribution is 2.49. The number of esters is 1. The number of carbonyl (C=O) groups is 1. The highest BCUT2D eigenvalue weighted by atomic mass is 79.9. The molecule has 198 valence electrons. The van der Waals surface area contributed by atoms with E-state index in [0.29, 0.717) is 31.6 Å². The number of hydrogen-bond acceptors (Lipinski definition) is 6. The van der Waals surface area contributed by atoms with Gasteiger partial charge in [-0.1, -0.05) is 44.2 Å². The van der Waals surface area contributed by atoms with Crippen molar-refractivity contribution in [3.8, 4) is 5.75 Å². The molecule has 2 unspecified atom stereocenters. The van der Waals surface area contributed by atoms with Gasteiger partial charge in [-0.15, -0.1) is 0 Å². The molecule has 7 heteroatoms. The van der Waals surface area contributed by atoms with E-state index in [0.717, 1.165) is 29.5 Å². The first kappa shape index (κ1) is 28.6. The van der Waals surface area contributed by atoms with Crippen molar-refractivity contribution in [2.24, 2.45) is 5.92 Å². The number of carbonyl (C=O) groups excluding carboxylic acids is 1. The molecule has 0 fully saturated rings. The minimum absolute atomic E-state index is 0.201. The van der Waals surface area contributed by atoms with Crippen LogP contribution in [0.1, 0.15) is 50.3 Å². The van der Waals surface area contributed by atoms with E-state index in [-0.39, 0.29) is 24.2 Å². The fourth-order valence-electron chi connectivity index (χ4n) is 5.62. The zero-order valence-electron chi connectivity index (χ0n) is 22.3. The van der Waals surface area contributed by atoms with Crippen LogP contribution in [0, 0.1) is 5.92 Å². The molecule has 3 rings (SSSR count). The van der Waals surface area contributed by atoms with Crippen molar-refractivity contribution < 1.29 is 19.4 Å². The molecule has 1 N–H and O–H groups in total. The number of nitrogens with zero attached hydrogens (tertiary/aromatic N) is 2. The fourth-order valence-corrected chi connectivity index (χ4v) is 5.98. The molecule has 2 aromatic rings. The Hall–Kier alpha value is -1.93. The van der Waals surface area contributed by atoms with E-state index in [2.05, 4.69) is 77.9 Å². The Morgan fingerprint density at radius 3 is 2.50 bits per heavy atom. The molecule has 1 aliphatic carbocycles. The minimum Gasteiger partial charge on any atom is -0.490 e. The molecule has 0 aromatic heterocycles. The summed E-state index contributed by atoms with van der Waals surface area (Å²) in [7, 11) is 4.37. The first-order valence-corrected chi connectivity index (χ1v) is 13.8. The zero-order chi connectivity index (χ0) is 26.3. The molecule has 6 nitrogen and oxygen atoms in total. The van der Waals surface area contributed by atoms with Gasteiger partial charge in [0.15, 0.2) is 0 Å². The predicted molar refractivity (Wildman–Crippen MR) is 147 cm³/mol. The molecule has 2 aromatic carbocycles. The lowest BCUT2D eigenvalue weighted by atomic mass is 9.85. The predicted octanol–water partition coefficient (Wildman–Crippen LogP) is 5.00. The summed E-state index contributed by atoms with van der Waals surface area (Å²) in [6.45, 7) is 8.60. The van der Waals surface area contributed by atoms with Gasteiger partial charge in [0.2, 0.25) is 0 Å². The summed E-state index contributed by atoms with van der Waals surface area (Å²) in [5.74, 6) is 0.698. The summed E-state index contributed by atoms with van der Waals surface area (Å²) in [5.41, 5.74) is 3.42. The van der Waals surface area contributed by atoms with Gasteiger partial charge in [-0.25, -0.2) is 0 Å². The van der Waals surface area contributed by atoms with Crippen LogP contribution in [-0.2, 0) is 28.0 Å². The lowest BCUT2D eigenvalue weighted by Gasteiger charge is -2.50. The quantitative estimate of drug-likeness (QED) is 0.274. The average Bonchev–Trinajstić information content (AvgIpc) is 3.20. The third kappa shape index (κ3) is 6.13. The molecule has 0 amide bonds. The number of benzene rings is 2. The maximum Gasteiger partial charge on any atom is 0.306 e. The van der Waals surface area contributed by atoms with E-state index in [1.54, 1.807) is 0 Å². The molecule has 36 heavy (non-hydrogen) atoms. The maximum absolute atomic E-state index is 11.7. The van der Waals surface area contributed by atoms with E-state index in [1.165, 1.54) is 11.1 Å². The monoisotopic (exact) mass is 560 g/mol. The van der Waals surface area contributed by atoms with Gasteiger partial charge in [-0.05, 0) is 98.1 Å². The van der Waals surface area contributed by atoms with Crippen LogP contribution >= 0.6 is 15.9 Å². The van der Waals surface area contributed by atoms with Gasteiger partial charge in [0.1, 0.15) is 18.0 Å². The summed E-state index contributed by atoms with van der Waals surface area (Å²) in [5, 5.41) is 11.1. The summed E-state index contributed by atoms with van der Waals surface area (Å²) in [4.78, 5) is 16.6. The van der Waals surface area contributed by atoms with Gasteiger partial charge in [-0.3, -0.25) is 14.6 Å². The van der Waals surface area contributed by atoms with Crippen molar-refractivity contribution in [2.45, 2.75) is 58.2 Å². The van der Waals surface area contributed by atoms with Crippen LogP contribution in [0.3, 0.4) is 0 Å². The summed E-state index contributed by atoms with van der Waals surface area (Å²) in [6, 6.07) is 14.5. The van der Waals surface area contributed by atoms with Crippen LogP contribution < -0.4 is 4.74 Å². The second kappa shape index (κ2) is 13.0. The molecule has 0 heterocycles. The summed E-state index contributed by atoms with van der Waals surface area (Å²) >= 11 is 3.56. The van der Waals surface area contributed by atoms with E-state index >= 15 is 0 Å². The van der Waals surface area contributed by atoms with E-state index in [9.17, 15) is 9.90 Å².